The highest BCUT2D eigenvalue weighted by atomic mass is 19.1. The first-order valence-electron chi connectivity index (χ1n) is 6.91. The van der Waals surface area contributed by atoms with E-state index in [-0.39, 0.29) is 5.82 Å². The molecule has 3 rings (SSSR count). The minimum atomic E-state index is -0.287. The molecule has 3 nitrogen and oxygen atoms in total. The van der Waals surface area contributed by atoms with Crippen LogP contribution in [0.4, 0.5) is 10.1 Å². The smallest absolute Gasteiger partial charge is 0.152 e. The molecule has 0 aromatic heterocycles. The third-order valence-electron chi connectivity index (χ3n) is 4.61. The molecule has 2 bridgehead atoms. The maximum atomic E-state index is 14.1. The number of halogens is 1. The second-order valence-corrected chi connectivity index (χ2v) is 5.58. The number of carbonyl (C=O) groups excluding carboxylic acids is 1. The Balaban J connectivity index is 1.93. The number of rotatable bonds is 2. The van der Waals surface area contributed by atoms with Crippen molar-refractivity contribution < 1.29 is 9.18 Å². The molecule has 2 unspecified atom stereocenters. The van der Waals surface area contributed by atoms with E-state index in [2.05, 4.69) is 16.8 Å². The van der Waals surface area contributed by atoms with Gasteiger partial charge in [0, 0.05) is 30.7 Å². The molecule has 2 saturated heterocycles. The van der Waals surface area contributed by atoms with Crippen molar-refractivity contribution in [3.8, 4) is 0 Å². The third-order valence-corrected chi connectivity index (χ3v) is 4.61. The van der Waals surface area contributed by atoms with Crippen LogP contribution in [0.25, 0.3) is 0 Å². The highest BCUT2D eigenvalue weighted by molar-refractivity contribution is 5.84. The number of para-hydroxylation sites is 1. The van der Waals surface area contributed by atoms with E-state index in [1.165, 1.54) is 18.9 Å². The summed E-state index contributed by atoms with van der Waals surface area (Å²) in [4.78, 5) is 15.6. The summed E-state index contributed by atoms with van der Waals surface area (Å²) in [5, 5.41) is 0. The summed E-state index contributed by atoms with van der Waals surface area (Å²) in [6.07, 6.45) is 4.21. The lowest BCUT2D eigenvalue weighted by Crippen LogP contribution is -2.37. The maximum Gasteiger partial charge on any atom is 0.152 e. The van der Waals surface area contributed by atoms with Gasteiger partial charge in [0.15, 0.2) is 6.29 Å². The molecule has 0 amide bonds. The monoisotopic (exact) mass is 262 g/mol. The average Bonchev–Trinajstić information content (AvgIpc) is 2.64. The summed E-state index contributed by atoms with van der Waals surface area (Å²) >= 11 is 0. The first-order chi connectivity index (χ1) is 9.20. The molecule has 19 heavy (non-hydrogen) atoms. The lowest BCUT2D eigenvalue weighted by Gasteiger charge is -2.28. The number of benzene rings is 1. The Morgan fingerprint density at radius 1 is 1.26 bits per heavy atom. The van der Waals surface area contributed by atoms with Gasteiger partial charge in [-0.3, -0.25) is 9.69 Å². The number of aldehydes is 1. The van der Waals surface area contributed by atoms with Gasteiger partial charge in [0.2, 0.25) is 0 Å². The number of hydrogen-bond donors (Lipinski definition) is 0. The molecule has 0 radical (unpaired) electrons. The predicted molar refractivity (Wildman–Crippen MR) is 73.2 cm³/mol. The van der Waals surface area contributed by atoms with E-state index >= 15 is 0 Å². The molecule has 0 saturated carbocycles. The van der Waals surface area contributed by atoms with Crippen LogP contribution in [-0.2, 0) is 0 Å². The van der Waals surface area contributed by atoms with Crippen LogP contribution in [0.15, 0.2) is 18.2 Å². The number of anilines is 1. The van der Waals surface area contributed by atoms with Gasteiger partial charge in [-0.15, -0.1) is 0 Å². The van der Waals surface area contributed by atoms with Crippen LogP contribution in [0, 0.1) is 5.82 Å². The Bertz CT molecular complexity index is 491. The standard InChI is InChI=1S/C15H19FN2O/c1-17-12-5-6-13(17)9-18(8-7-12)15-11(10-19)3-2-4-14(15)16/h2-4,10,12-13H,5-9H2,1H3. The van der Waals surface area contributed by atoms with Gasteiger partial charge in [-0.2, -0.15) is 0 Å². The van der Waals surface area contributed by atoms with Crippen molar-refractivity contribution >= 4 is 12.0 Å². The molecule has 2 fully saturated rings. The molecule has 0 spiro atoms. The van der Waals surface area contributed by atoms with E-state index < -0.39 is 0 Å². The predicted octanol–water partition coefficient (Wildman–Crippen LogP) is 2.31. The topological polar surface area (TPSA) is 23.6 Å². The highest BCUT2D eigenvalue weighted by Crippen LogP contribution is 2.32. The summed E-state index contributed by atoms with van der Waals surface area (Å²) in [6.45, 7) is 1.64. The van der Waals surface area contributed by atoms with Gasteiger partial charge < -0.3 is 4.90 Å². The molecule has 1 aromatic carbocycles. The second-order valence-electron chi connectivity index (χ2n) is 5.58. The van der Waals surface area contributed by atoms with Crippen molar-refractivity contribution in [2.45, 2.75) is 31.3 Å². The van der Waals surface area contributed by atoms with Gasteiger partial charge in [0.1, 0.15) is 5.82 Å². The molecular weight excluding hydrogens is 243 g/mol. The quantitative estimate of drug-likeness (QED) is 0.764. The molecule has 2 aliphatic rings. The second kappa shape index (κ2) is 4.93. The van der Waals surface area contributed by atoms with E-state index in [1.807, 2.05) is 0 Å². The summed E-state index contributed by atoms with van der Waals surface area (Å²) in [5.74, 6) is -0.287. The molecule has 102 valence electrons. The highest BCUT2D eigenvalue weighted by Gasteiger charge is 2.35. The van der Waals surface area contributed by atoms with Gasteiger partial charge in [-0.25, -0.2) is 4.39 Å². The van der Waals surface area contributed by atoms with Crippen LogP contribution in [0.2, 0.25) is 0 Å². The van der Waals surface area contributed by atoms with Crippen LogP contribution in [0.1, 0.15) is 29.6 Å². The zero-order valence-electron chi connectivity index (χ0n) is 11.2. The fourth-order valence-corrected chi connectivity index (χ4v) is 3.47. The summed E-state index contributed by atoms with van der Waals surface area (Å²) in [5.41, 5.74) is 0.943. The molecule has 2 atom stereocenters. The van der Waals surface area contributed by atoms with E-state index in [4.69, 9.17) is 0 Å². The SMILES string of the molecule is CN1C2CCC1CN(c1c(F)cccc1C=O)CC2. The summed E-state index contributed by atoms with van der Waals surface area (Å²) in [6, 6.07) is 5.82. The van der Waals surface area contributed by atoms with Crippen LogP contribution < -0.4 is 4.90 Å². The lowest BCUT2D eigenvalue weighted by atomic mass is 10.1. The van der Waals surface area contributed by atoms with Crippen molar-refractivity contribution in [3.05, 3.63) is 29.6 Å². The van der Waals surface area contributed by atoms with Crippen molar-refractivity contribution in [1.29, 1.82) is 0 Å². The minimum Gasteiger partial charge on any atom is -0.367 e. The Labute approximate surface area is 113 Å². The summed E-state index contributed by atoms with van der Waals surface area (Å²) < 4.78 is 14.1. The number of fused-ring (bicyclic) bond motifs is 2. The van der Waals surface area contributed by atoms with E-state index in [1.54, 1.807) is 12.1 Å². The van der Waals surface area contributed by atoms with E-state index in [0.29, 0.717) is 23.3 Å². The fourth-order valence-electron chi connectivity index (χ4n) is 3.47. The Morgan fingerprint density at radius 3 is 2.84 bits per heavy atom. The third kappa shape index (κ3) is 2.14. The molecule has 4 heteroatoms. The van der Waals surface area contributed by atoms with Gasteiger partial charge >= 0.3 is 0 Å². The van der Waals surface area contributed by atoms with Gasteiger partial charge in [-0.05, 0) is 38.4 Å². The van der Waals surface area contributed by atoms with Gasteiger partial charge in [0.05, 0.1) is 5.69 Å². The largest absolute Gasteiger partial charge is 0.367 e. The minimum absolute atomic E-state index is 0.287. The maximum absolute atomic E-state index is 14.1. The number of hydrogen-bond acceptors (Lipinski definition) is 3. The van der Waals surface area contributed by atoms with Gasteiger partial charge in [-0.1, -0.05) is 6.07 Å². The van der Waals surface area contributed by atoms with Crippen LogP contribution in [0.5, 0.6) is 0 Å². The van der Waals surface area contributed by atoms with Crippen molar-refractivity contribution in [2.24, 2.45) is 0 Å². The van der Waals surface area contributed by atoms with Crippen LogP contribution >= 0.6 is 0 Å². The molecule has 2 heterocycles. The average molecular weight is 262 g/mol. The lowest BCUT2D eigenvalue weighted by molar-refractivity contribution is 0.112. The molecule has 2 aliphatic heterocycles. The number of likely N-dealkylation sites (N-methyl/N-ethyl adjacent to an activating group) is 1. The van der Waals surface area contributed by atoms with E-state index in [0.717, 1.165) is 25.8 Å². The van der Waals surface area contributed by atoms with Crippen LogP contribution in [0.3, 0.4) is 0 Å². The zero-order valence-corrected chi connectivity index (χ0v) is 11.2. The Kier molecular flexibility index (Phi) is 3.27. The Hall–Kier alpha value is -1.42. The van der Waals surface area contributed by atoms with Crippen molar-refractivity contribution in [1.82, 2.24) is 4.90 Å². The molecular formula is C15H19FN2O. The van der Waals surface area contributed by atoms with Crippen molar-refractivity contribution in [2.75, 3.05) is 25.0 Å². The van der Waals surface area contributed by atoms with Gasteiger partial charge in [0.25, 0.3) is 0 Å². The summed E-state index contributed by atoms with van der Waals surface area (Å²) in [7, 11) is 2.16. The zero-order chi connectivity index (χ0) is 13.4. The Morgan fingerprint density at radius 2 is 2.05 bits per heavy atom. The number of carbonyl (C=O) groups is 1. The normalized spacial score (nSPS) is 27.4. The fraction of sp³-hybridized carbons (Fsp3) is 0.533. The number of nitrogens with zero attached hydrogens (tertiary/aromatic N) is 2. The first-order valence-corrected chi connectivity index (χ1v) is 6.91. The van der Waals surface area contributed by atoms with Crippen molar-refractivity contribution in [3.63, 3.8) is 0 Å². The van der Waals surface area contributed by atoms with Crippen LogP contribution in [-0.4, -0.2) is 43.4 Å². The first kappa shape index (κ1) is 12.6. The molecule has 0 N–H and O–H groups in total. The molecule has 1 aromatic rings. The molecule has 0 aliphatic carbocycles. The van der Waals surface area contributed by atoms with E-state index in [9.17, 15) is 9.18 Å².